The Hall–Kier alpha value is -4.05. The Morgan fingerprint density at radius 2 is 1.73 bits per heavy atom. The summed E-state index contributed by atoms with van der Waals surface area (Å²) >= 11 is 0. The van der Waals surface area contributed by atoms with Crippen LogP contribution in [0.25, 0.3) is 11.1 Å². The van der Waals surface area contributed by atoms with Crippen LogP contribution in [0.15, 0.2) is 102 Å². The number of anilines is 3. The molecule has 1 heterocycles. The van der Waals surface area contributed by atoms with Crippen molar-refractivity contribution in [2.75, 3.05) is 23.4 Å². The number of nitrogens with one attached hydrogen (secondary N) is 1. The predicted molar refractivity (Wildman–Crippen MR) is 178 cm³/mol. The van der Waals surface area contributed by atoms with Gasteiger partial charge in [-0.25, -0.2) is 4.99 Å². The Kier molecular flexibility index (Phi) is 9.54. The van der Waals surface area contributed by atoms with E-state index in [1.165, 1.54) is 50.5 Å². The van der Waals surface area contributed by atoms with Crippen LogP contribution >= 0.6 is 0 Å². The fourth-order valence-corrected chi connectivity index (χ4v) is 5.92. The second kappa shape index (κ2) is 13.1. The summed E-state index contributed by atoms with van der Waals surface area (Å²) in [5.41, 5.74) is 12.5. The van der Waals surface area contributed by atoms with E-state index in [2.05, 4.69) is 136 Å². The molecule has 3 aromatic rings. The average Bonchev–Trinajstić information content (AvgIpc) is 2.97. The molecule has 1 aliphatic rings. The molecule has 0 fully saturated rings. The number of fused-ring (bicyclic) bond motifs is 2. The molecule has 41 heavy (non-hydrogen) atoms. The van der Waals surface area contributed by atoms with E-state index in [1.807, 2.05) is 6.92 Å². The van der Waals surface area contributed by atoms with Crippen molar-refractivity contribution >= 4 is 23.8 Å². The van der Waals surface area contributed by atoms with E-state index in [9.17, 15) is 0 Å². The fourth-order valence-electron chi connectivity index (χ4n) is 5.92. The second-order valence-electron chi connectivity index (χ2n) is 11.3. The lowest BCUT2D eigenvalue weighted by Crippen LogP contribution is -2.35. The maximum absolute atomic E-state index is 5.67. The van der Waals surface area contributed by atoms with E-state index >= 15 is 0 Å². The average molecular weight is 548 g/mol. The van der Waals surface area contributed by atoms with E-state index in [0.29, 0.717) is 18.4 Å². The highest BCUT2D eigenvalue weighted by atomic mass is 16.5. The first-order chi connectivity index (χ1) is 19.7. The molecule has 4 rings (SSSR count). The summed E-state index contributed by atoms with van der Waals surface area (Å²) in [7, 11) is 0. The van der Waals surface area contributed by atoms with E-state index in [0.717, 1.165) is 18.5 Å². The number of hydrogen-bond donors (Lipinski definition) is 1. The molecule has 0 radical (unpaired) electrons. The first-order valence-electron chi connectivity index (χ1n) is 14.7. The molecule has 3 aromatic carbocycles. The van der Waals surface area contributed by atoms with Gasteiger partial charge in [-0.3, -0.25) is 0 Å². The van der Waals surface area contributed by atoms with E-state index in [1.54, 1.807) is 0 Å². The molecular formula is C37H45N3O. The van der Waals surface area contributed by atoms with Gasteiger partial charge in [0, 0.05) is 30.6 Å². The maximum Gasteiger partial charge on any atom is 0.205 e. The lowest BCUT2D eigenvalue weighted by Gasteiger charge is -2.38. The molecule has 0 saturated carbocycles. The molecule has 0 aliphatic carbocycles. The summed E-state index contributed by atoms with van der Waals surface area (Å²) in [6.07, 6.45) is 2.93. The zero-order valence-electron chi connectivity index (χ0n) is 25.6. The minimum absolute atomic E-state index is 0.139. The first kappa shape index (κ1) is 29.9. The summed E-state index contributed by atoms with van der Waals surface area (Å²) < 4.78 is 5.67. The Bertz CT molecular complexity index is 1450. The Labute approximate surface area is 247 Å². The molecule has 1 aliphatic heterocycles. The summed E-state index contributed by atoms with van der Waals surface area (Å²) in [5, 5.41) is 3.95. The van der Waals surface area contributed by atoms with Gasteiger partial charge in [-0.05, 0) is 91.6 Å². The van der Waals surface area contributed by atoms with Crippen molar-refractivity contribution in [3.8, 4) is 11.1 Å². The SMILES string of the molecule is C=NC(=C)OCC/C(=C\C(=C)C)C(C)N(CC)c1cccc2c1Nc1c(C(C)C)cc(-c3ccccc3)cc1C2C. The number of hydrogen-bond acceptors (Lipinski definition) is 4. The van der Waals surface area contributed by atoms with Crippen LogP contribution in [0, 0.1) is 0 Å². The molecule has 4 heteroatoms. The lowest BCUT2D eigenvalue weighted by atomic mass is 9.81. The molecule has 4 nitrogen and oxygen atoms in total. The van der Waals surface area contributed by atoms with Gasteiger partial charge < -0.3 is 15.0 Å². The van der Waals surface area contributed by atoms with Crippen molar-refractivity contribution in [3.63, 3.8) is 0 Å². The summed E-state index contributed by atoms with van der Waals surface area (Å²) in [5.74, 6) is 0.990. The minimum atomic E-state index is 0.139. The smallest absolute Gasteiger partial charge is 0.205 e. The van der Waals surface area contributed by atoms with Crippen LogP contribution in [0.5, 0.6) is 0 Å². The maximum atomic E-state index is 5.67. The monoisotopic (exact) mass is 547 g/mol. The molecule has 0 aromatic heterocycles. The third-order valence-electron chi connectivity index (χ3n) is 8.11. The summed E-state index contributed by atoms with van der Waals surface area (Å²) in [6, 6.07) is 22.3. The summed E-state index contributed by atoms with van der Waals surface area (Å²) in [6.45, 7) is 26.2. The molecule has 0 saturated heterocycles. The molecule has 0 bridgehead atoms. The number of nitrogens with zero attached hydrogens (tertiary/aromatic N) is 2. The van der Waals surface area contributed by atoms with Crippen molar-refractivity contribution in [2.45, 2.75) is 65.8 Å². The molecular weight excluding hydrogens is 502 g/mol. The number of para-hydroxylation sites is 1. The van der Waals surface area contributed by atoms with Gasteiger partial charge >= 0.3 is 0 Å². The highest BCUT2D eigenvalue weighted by Crippen LogP contribution is 2.49. The van der Waals surface area contributed by atoms with E-state index in [-0.39, 0.29) is 12.0 Å². The van der Waals surface area contributed by atoms with Crippen LogP contribution < -0.4 is 10.2 Å². The van der Waals surface area contributed by atoms with E-state index in [4.69, 9.17) is 4.74 Å². The molecule has 214 valence electrons. The van der Waals surface area contributed by atoms with Gasteiger partial charge in [0.05, 0.1) is 18.0 Å². The first-order valence-corrected chi connectivity index (χ1v) is 14.7. The third-order valence-corrected chi connectivity index (χ3v) is 8.11. The number of rotatable bonds is 12. The van der Waals surface area contributed by atoms with Gasteiger partial charge in [-0.2, -0.15) is 0 Å². The van der Waals surface area contributed by atoms with Crippen molar-refractivity contribution in [3.05, 3.63) is 114 Å². The van der Waals surface area contributed by atoms with Gasteiger partial charge in [-0.1, -0.05) is 81.5 Å². The zero-order chi connectivity index (χ0) is 29.7. The van der Waals surface area contributed by atoms with Crippen molar-refractivity contribution in [1.82, 2.24) is 0 Å². The lowest BCUT2D eigenvalue weighted by molar-refractivity contribution is 0.214. The zero-order valence-corrected chi connectivity index (χ0v) is 25.6. The van der Waals surface area contributed by atoms with Crippen LogP contribution in [0.3, 0.4) is 0 Å². The van der Waals surface area contributed by atoms with Gasteiger partial charge in [-0.15, -0.1) is 0 Å². The largest absolute Gasteiger partial charge is 0.478 e. The standard InChI is InChI=1S/C37H45N3O/c1-10-40(27(7)30(21-24(2)3)19-20-41-28(8)38-9)35-18-14-17-32-26(6)34-23-31(29-15-12-11-13-16-29)22-33(25(4)5)36(34)39-37(32)35/h11-18,21-23,25-27,39H,2,8-10,19-20H2,1,3-7H3/b30-21+. The molecule has 0 spiro atoms. The molecule has 0 amide bonds. The number of benzene rings is 3. The molecule has 2 atom stereocenters. The topological polar surface area (TPSA) is 36.9 Å². The number of likely N-dealkylation sites (N-methyl/N-ethyl adjacent to an activating group) is 1. The number of allylic oxidation sites excluding steroid dienone is 2. The molecule has 1 N–H and O–H groups in total. The third kappa shape index (κ3) is 6.48. The normalized spacial score (nSPS) is 14.9. The van der Waals surface area contributed by atoms with E-state index < -0.39 is 0 Å². The van der Waals surface area contributed by atoms with Crippen LogP contribution in [-0.2, 0) is 4.74 Å². The van der Waals surface area contributed by atoms with Crippen molar-refractivity contribution in [2.24, 2.45) is 4.99 Å². The fraction of sp³-hybridized carbons (Fsp3) is 0.324. The number of ether oxygens (including phenoxy) is 1. The second-order valence-corrected chi connectivity index (χ2v) is 11.3. The highest BCUT2D eigenvalue weighted by molar-refractivity contribution is 5.87. The van der Waals surface area contributed by atoms with Gasteiger partial charge in [0.1, 0.15) is 0 Å². The van der Waals surface area contributed by atoms with Gasteiger partial charge in [0.2, 0.25) is 5.88 Å². The number of aliphatic imine (C=N–C) groups is 1. The van der Waals surface area contributed by atoms with Gasteiger partial charge in [0.25, 0.3) is 0 Å². The summed E-state index contributed by atoms with van der Waals surface area (Å²) in [4.78, 5) is 6.26. The highest BCUT2D eigenvalue weighted by Gasteiger charge is 2.30. The van der Waals surface area contributed by atoms with Crippen LogP contribution in [0.2, 0.25) is 0 Å². The van der Waals surface area contributed by atoms with Crippen LogP contribution in [0.1, 0.15) is 76.5 Å². The quantitative estimate of drug-likeness (QED) is 0.139. The van der Waals surface area contributed by atoms with Crippen LogP contribution in [-0.4, -0.2) is 25.9 Å². The Morgan fingerprint density at radius 3 is 2.37 bits per heavy atom. The van der Waals surface area contributed by atoms with Gasteiger partial charge in [0.15, 0.2) is 0 Å². The predicted octanol–water partition coefficient (Wildman–Crippen LogP) is 9.98. The van der Waals surface area contributed by atoms with Crippen molar-refractivity contribution in [1.29, 1.82) is 0 Å². The molecule has 2 unspecified atom stereocenters. The Balaban J connectivity index is 1.75. The Morgan fingerprint density at radius 1 is 1.00 bits per heavy atom. The minimum Gasteiger partial charge on any atom is -0.478 e. The van der Waals surface area contributed by atoms with Crippen LogP contribution in [0.4, 0.5) is 17.1 Å². The van der Waals surface area contributed by atoms with Crippen molar-refractivity contribution < 1.29 is 4.74 Å².